The van der Waals surface area contributed by atoms with Gasteiger partial charge in [0.25, 0.3) is 0 Å². The van der Waals surface area contributed by atoms with E-state index in [-0.39, 0.29) is 0 Å². The number of unbranched alkanes of at least 4 members (excludes halogenated alkanes) is 2. The Hall–Kier alpha value is -0.370. The van der Waals surface area contributed by atoms with Crippen molar-refractivity contribution >= 4 is 6.29 Å². The summed E-state index contributed by atoms with van der Waals surface area (Å²) in [5.41, 5.74) is 5.39. The Kier molecular flexibility index (Phi) is 16.5. The molecule has 80 valence electrons. The highest BCUT2D eigenvalue weighted by Crippen LogP contribution is 2.02. The summed E-state index contributed by atoms with van der Waals surface area (Å²) in [5, 5.41) is 0. The number of rotatable bonds is 6. The quantitative estimate of drug-likeness (QED) is 0.513. The third-order valence-corrected chi connectivity index (χ3v) is 2.16. The van der Waals surface area contributed by atoms with E-state index in [0.29, 0.717) is 0 Å². The van der Waals surface area contributed by atoms with Crippen LogP contribution in [0.3, 0.4) is 0 Å². The first-order valence-corrected chi connectivity index (χ1v) is 5.40. The van der Waals surface area contributed by atoms with Gasteiger partial charge in [0.2, 0.25) is 0 Å². The molecule has 2 nitrogen and oxygen atoms in total. The summed E-state index contributed by atoms with van der Waals surface area (Å²) in [4.78, 5) is 9.56. The molecule has 0 atom stereocenters. The summed E-state index contributed by atoms with van der Waals surface area (Å²) < 4.78 is 0. The van der Waals surface area contributed by atoms with Gasteiger partial charge in [0, 0.05) is 6.42 Å². The normalized spacial score (nSPS) is 9.31. The molecular formula is C11H25NO. The number of aldehydes is 1. The molecule has 0 spiro atoms. The van der Waals surface area contributed by atoms with Gasteiger partial charge in [-0.1, -0.05) is 40.0 Å². The van der Waals surface area contributed by atoms with Crippen molar-refractivity contribution in [2.75, 3.05) is 6.54 Å². The number of hydrogen-bond donors (Lipinski definition) is 1. The lowest BCUT2D eigenvalue weighted by Gasteiger charge is -2.05. The third-order valence-electron chi connectivity index (χ3n) is 2.16. The van der Waals surface area contributed by atoms with Crippen molar-refractivity contribution in [3.05, 3.63) is 0 Å². The highest BCUT2D eigenvalue weighted by atomic mass is 16.1. The van der Waals surface area contributed by atoms with Gasteiger partial charge in [-0.05, 0) is 18.9 Å². The number of hydrogen-bond acceptors (Lipinski definition) is 2. The average Bonchev–Trinajstić information content (AvgIpc) is 2.18. The Balaban J connectivity index is 0. The van der Waals surface area contributed by atoms with Crippen LogP contribution < -0.4 is 5.73 Å². The fourth-order valence-electron chi connectivity index (χ4n) is 0.909. The lowest BCUT2D eigenvalue weighted by molar-refractivity contribution is -0.107. The van der Waals surface area contributed by atoms with Crippen LogP contribution in [0.5, 0.6) is 0 Å². The van der Waals surface area contributed by atoms with Crippen LogP contribution >= 0.6 is 0 Å². The van der Waals surface area contributed by atoms with E-state index in [1.54, 1.807) is 0 Å². The molecule has 0 radical (unpaired) electrons. The van der Waals surface area contributed by atoms with E-state index in [2.05, 4.69) is 20.8 Å². The Labute approximate surface area is 82.9 Å². The number of carbonyl (C=O) groups is 1. The zero-order chi connectivity index (χ0) is 10.5. The SMILES string of the molecule is CCC(CC)CN.CCCCC=O. The molecule has 0 unspecified atom stereocenters. The molecule has 0 amide bonds. The van der Waals surface area contributed by atoms with Gasteiger partial charge in [0.15, 0.2) is 0 Å². The molecule has 0 aromatic heterocycles. The van der Waals surface area contributed by atoms with Crippen LogP contribution in [0, 0.1) is 5.92 Å². The first-order valence-electron chi connectivity index (χ1n) is 5.40. The van der Waals surface area contributed by atoms with Crippen molar-refractivity contribution in [3.63, 3.8) is 0 Å². The second kappa shape index (κ2) is 14.2. The van der Waals surface area contributed by atoms with Crippen LogP contribution in [0.15, 0.2) is 0 Å². The van der Waals surface area contributed by atoms with Gasteiger partial charge in [-0.3, -0.25) is 0 Å². The molecule has 0 aliphatic rings. The summed E-state index contributed by atoms with van der Waals surface area (Å²) in [6.45, 7) is 7.29. The van der Waals surface area contributed by atoms with Crippen molar-refractivity contribution in [1.29, 1.82) is 0 Å². The van der Waals surface area contributed by atoms with Gasteiger partial charge in [-0.25, -0.2) is 0 Å². The monoisotopic (exact) mass is 187 g/mol. The molecule has 0 aliphatic heterocycles. The largest absolute Gasteiger partial charge is 0.330 e. The van der Waals surface area contributed by atoms with E-state index in [4.69, 9.17) is 5.73 Å². The molecule has 0 saturated heterocycles. The molecule has 0 heterocycles. The molecule has 0 aromatic carbocycles. The average molecular weight is 187 g/mol. The Morgan fingerprint density at radius 2 is 1.77 bits per heavy atom. The maximum absolute atomic E-state index is 9.56. The molecule has 2 heteroatoms. The van der Waals surface area contributed by atoms with Crippen LogP contribution in [-0.2, 0) is 4.79 Å². The molecule has 0 fully saturated rings. The van der Waals surface area contributed by atoms with Crippen LogP contribution in [0.4, 0.5) is 0 Å². The molecule has 0 saturated carbocycles. The topological polar surface area (TPSA) is 43.1 Å². The van der Waals surface area contributed by atoms with Crippen LogP contribution in [-0.4, -0.2) is 12.8 Å². The minimum absolute atomic E-state index is 0.733. The smallest absolute Gasteiger partial charge is 0.119 e. The summed E-state index contributed by atoms with van der Waals surface area (Å²) in [5.74, 6) is 0.764. The van der Waals surface area contributed by atoms with E-state index in [0.717, 1.165) is 38.0 Å². The van der Waals surface area contributed by atoms with E-state index in [9.17, 15) is 4.79 Å². The van der Waals surface area contributed by atoms with Gasteiger partial charge in [-0.2, -0.15) is 0 Å². The molecule has 0 bridgehead atoms. The van der Waals surface area contributed by atoms with Gasteiger partial charge in [-0.15, -0.1) is 0 Å². The van der Waals surface area contributed by atoms with E-state index < -0.39 is 0 Å². The minimum atomic E-state index is 0.733. The highest BCUT2D eigenvalue weighted by molar-refractivity contribution is 5.48. The molecule has 0 aliphatic carbocycles. The fourth-order valence-corrected chi connectivity index (χ4v) is 0.909. The summed E-state index contributed by atoms with van der Waals surface area (Å²) in [7, 11) is 0. The lowest BCUT2D eigenvalue weighted by Crippen LogP contribution is -2.11. The Morgan fingerprint density at radius 3 is 1.85 bits per heavy atom. The summed E-state index contributed by atoms with van der Waals surface area (Å²) in [6, 6.07) is 0. The van der Waals surface area contributed by atoms with Gasteiger partial charge in [0.05, 0.1) is 0 Å². The van der Waals surface area contributed by atoms with Crippen LogP contribution in [0.25, 0.3) is 0 Å². The Bertz CT molecular complexity index is 84.6. The zero-order valence-electron chi connectivity index (χ0n) is 9.38. The number of carbonyl (C=O) groups excluding carboxylic acids is 1. The first kappa shape index (κ1) is 15.1. The van der Waals surface area contributed by atoms with Crippen molar-refractivity contribution in [2.24, 2.45) is 11.7 Å². The van der Waals surface area contributed by atoms with E-state index in [1.165, 1.54) is 12.8 Å². The predicted molar refractivity (Wildman–Crippen MR) is 58.7 cm³/mol. The van der Waals surface area contributed by atoms with Gasteiger partial charge in [0.1, 0.15) is 6.29 Å². The van der Waals surface area contributed by atoms with Crippen LogP contribution in [0.1, 0.15) is 52.9 Å². The lowest BCUT2D eigenvalue weighted by atomic mass is 10.0. The number of nitrogens with two attached hydrogens (primary N) is 1. The summed E-state index contributed by atoms with van der Waals surface area (Å²) in [6.07, 6.45) is 6.32. The highest BCUT2D eigenvalue weighted by Gasteiger charge is 1.96. The standard InChI is InChI=1S/C6H15N.C5H10O/c1-3-6(4-2)5-7;1-2-3-4-5-6/h6H,3-5,7H2,1-2H3;5H,2-4H2,1H3. The van der Waals surface area contributed by atoms with E-state index in [1.807, 2.05) is 0 Å². The minimum Gasteiger partial charge on any atom is -0.330 e. The van der Waals surface area contributed by atoms with Gasteiger partial charge < -0.3 is 10.5 Å². The van der Waals surface area contributed by atoms with Crippen molar-refractivity contribution < 1.29 is 4.79 Å². The van der Waals surface area contributed by atoms with Crippen molar-refractivity contribution in [3.8, 4) is 0 Å². The van der Waals surface area contributed by atoms with Gasteiger partial charge >= 0.3 is 0 Å². The predicted octanol–water partition coefficient (Wildman–Crippen LogP) is 2.76. The molecular weight excluding hydrogens is 162 g/mol. The fraction of sp³-hybridized carbons (Fsp3) is 0.909. The summed E-state index contributed by atoms with van der Waals surface area (Å²) >= 11 is 0. The molecule has 0 rings (SSSR count). The van der Waals surface area contributed by atoms with Crippen molar-refractivity contribution in [1.82, 2.24) is 0 Å². The first-order chi connectivity index (χ1) is 6.26. The molecule has 2 N–H and O–H groups in total. The van der Waals surface area contributed by atoms with Crippen molar-refractivity contribution in [2.45, 2.75) is 52.9 Å². The third kappa shape index (κ3) is 14.5. The molecule has 0 aromatic rings. The van der Waals surface area contributed by atoms with E-state index >= 15 is 0 Å². The molecule has 13 heavy (non-hydrogen) atoms. The maximum atomic E-state index is 9.56. The van der Waals surface area contributed by atoms with Crippen LogP contribution in [0.2, 0.25) is 0 Å². The second-order valence-electron chi connectivity index (χ2n) is 3.23. The Morgan fingerprint density at radius 1 is 1.23 bits per heavy atom. The second-order valence-corrected chi connectivity index (χ2v) is 3.23. The maximum Gasteiger partial charge on any atom is 0.119 e. The zero-order valence-corrected chi connectivity index (χ0v) is 9.38.